The molecule has 0 bridgehead atoms. The Kier molecular flexibility index (Phi) is 4.31. The fourth-order valence-electron chi connectivity index (χ4n) is 2.43. The second-order valence-electron chi connectivity index (χ2n) is 5.60. The van der Waals surface area contributed by atoms with Crippen LogP contribution in [0.15, 0.2) is 28.7 Å². The minimum Gasteiger partial charge on any atom is -0.349 e. The van der Waals surface area contributed by atoms with Gasteiger partial charge < -0.3 is 10.2 Å². The maximum absolute atomic E-state index is 11.7. The average Bonchev–Trinajstić information content (AvgIpc) is 3.09. The number of halogens is 1. The van der Waals surface area contributed by atoms with Gasteiger partial charge in [0.05, 0.1) is 0 Å². The first-order chi connectivity index (χ1) is 8.94. The number of benzene rings is 1. The molecule has 1 aliphatic carbocycles. The van der Waals surface area contributed by atoms with E-state index in [1.54, 1.807) is 19.0 Å². The Morgan fingerprint density at radius 2 is 2.05 bits per heavy atom. The largest absolute Gasteiger partial charge is 0.349 e. The summed E-state index contributed by atoms with van der Waals surface area (Å²) in [6.45, 7) is 2.08. The standard InChI is InChI=1S/C15H21BrN2O/c1-11(10-14(19)18(2)3)17-15(8-9-15)12-6-4-5-7-13(12)16/h4-7,11,17H,8-10H2,1-3H3. The highest BCUT2D eigenvalue weighted by Gasteiger charge is 2.46. The van der Waals surface area contributed by atoms with Crippen LogP contribution in [-0.2, 0) is 10.3 Å². The van der Waals surface area contributed by atoms with Crippen LogP contribution in [0.1, 0.15) is 31.7 Å². The van der Waals surface area contributed by atoms with E-state index in [1.165, 1.54) is 5.56 Å². The Bertz CT molecular complexity index is 469. The Hall–Kier alpha value is -0.870. The number of carbonyl (C=O) groups is 1. The first kappa shape index (κ1) is 14.5. The van der Waals surface area contributed by atoms with Crippen molar-refractivity contribution in [3.63, 3.8) is 0 Å². The average molecular weight is 325 g/mol. The minimum atomic E-state index is 0.0616. The Morgan fingerprint density at radius 3 is 2.58 bits per heavy atom. The zero-order valence-electron chi connectivity index (χ0n) is 11.7. The molecule has 1 aliphatic rings. The molecule has 3 nitrogen and oxygen atoms in total. The van der Waals surface area contributed by atoms with Crippen molar-refractivity contribution in [1.82, 2.24) is 10.2 Å². The third-order valence-electron chi connectivity index (χ3n) is 3.64. The molecule has 0 spiro atoms. The molecule has 19 heavy (non-hydrogen) atoms. The number of nitrogens with zero attached hydrogens (tertiary/aromatic N) is 1. The summed E-state index contributed by atoms with van der Waals surface area (Å²) >= 11 is 3.62. The van der Waals surface area contributed by atoms with Gasteiger partial charge in [0, 0.05) is 36.6 Å². The minimum absolute atomic E-state index is 0.0616. The molecule has 1 fully saturated rings. The maximum atomic E-state index is 11.7. The lowest BCUT2D eigenvalue weighted by atomic mass is 10.0. The zero-order valence-corrected chi connectivity index (χ0v) is 13.3. The lowest BCUT2D eigenvalue weighted by Crippen LogP contribution is -2.40. The quantitative estimate of drug-likeness (QED) is 0.903. The van der Waals surface area contributed by atoms with Crippen molar-refractivity contribution in [2.75, 3.05) is 14.1 Å². The van der Waals surface area contributed by atoms with E-state index >= 15 is 0 Å². The molecular formula is C15H21BrN2O. The van der Waals surface area contributed by atoms with Gasteiger partial charge in [0.1, 0.15) is 0 Å². The summed E-state index contributed by atoms with van der Waals surface area (Å²) in [5, 5.41) is 3.63. The fraction of sp³-hybridized carbons (Fsp3) is 0.533. The Balaban J connectivity index is 2.03. The molecule has 0 saturated heterocycles. The molecule has 0 radical (unpaired) electrons. The SMILES string of the molecule is CC(CC(=O)N(C)C)NC1(c2ccccc2Br)CC1. The lowest BCUT2D eigenvalue weighted by molar-refractivity contribution is -0.129. The molecule has 4 heteroatoms. The fourth-order valence-corrected chi connectivity index (χ4v) is 3.10. The van der Waals surface area contributed by atoms with Gasteiger partial charge in [-0.2, -0.15) is 0 Å². The van der Waals surface area contributed by atoms with Gasteiger partial charge in [0.2, 0.25) is 5.91 Å². The monoisotopic (exact) mass is 324 g/mol. The van der Waals surface area contributed by atoms with Gasteiger partial charge in [0.15, 0.2) is 0 Å². The number of amides is 1. The number of rotatable bonds is 5. The molecule has 1 unspecified atom stereocenters. The van der Waals surface area contributed by atoms with Crippen molar-refractivity contribution < 1.29 is 4.79 Å². The third-order valence-corrected chi connectivity index (χ3v) is 4.33. The van der Waals surface area contributed by atoms with Crippen LogP contribution in [0.2, 0.25) is 0 Å². The van der Waals surface area contributed by atoms with Crippen molar-refractivity contribution in [1.29, 1.82) is 0 Å². The summed E-state index contributed by atoms with van der Waals surface area (Å²) < 4.78 is 1.14. The summed E-state index contributed by atoms with van der Waals surface area (Å²) in [7, 11) is 3.60. The van der Waals surface area contributed by atoms with Crippen LogP contribution in [0.3, 0.4) is 0 Å². The highest BCUT2D eigenvalue weighted by molar-refractivity contribution is 9.10. The topological polar surface area (TPSA) is 32.3 Å². The van der Waals surface area contributed by atoms with Gasteiger partial charge in [0.25, 0.3) is 0 Å². The molecule has 104 valence electrons. The second kappa shape index (κ2) is 5.63. The van der Waals surface area contributed by atoms with Gasteiger partial charge in [-0.05, 0) is 31.4 Å². The summed E-state index contributed by atoms with van der Waals surface area (Å²) in [6, 6.07) is 8.52. The van der Waals surface area contributed by atoms with E-state index < -0.39 is 0 Å². The number of carbonyl (C=O) groups excluding carboxylic acids is 1. The van der Waals surface area contributed by atoms with Crippen molar-refractivity contribution in [2.24, 2.45) is 0 Å². The number of hydrogen-bond acceptors (Lipinski definition) is 2. The van der Waals surface area contributed by atoms with Crippen LogP contribution in [-0.4, -0.2) is 30.9 Å². The van der Waals surface area contributed by atoms with Crippen molar-refractivity contribution in [3.05, 3.63) is 34.3 Å². The molecule has 1 N–H and O–H groups in total. The third kappa shape index (κ3) is 3.37. The second-order valence-corrected chi connectivity index (χ2v) is 6.45. The van der Waals surface area contributed by atoms with E-state index in [1.807, 2.05) is 6.07 Å². The van der Waals surface area contributed by atoms with E-state index in [0.29, 0.717) is 6.42 Å². The number of hydrogen-bond donors (Lipinski definition) is 1. The normalized spacial score (nSPS) is 17.9. The predicted molar refractivity (Wildman–Crippen MR) is 81.0 cm³/mol. The zero-order chi connectivity index (χ0) is 14.0. The summed E-state index contributed by atoms with van der Waals surface area (Å²) in [6.07, 6.45) is 2.81. The predicted octanol–water partition coefficient (Wildman–Crippen LogP) is 2.89. The summed E-state index contributed by atoms with van der Waals surface area (Å²) in [5.41, 5.74) is 1.37. The van der Waals surface area contributed by atoms with E-state index in [-0.39, 0.29) is 17.5 Å². The first-order valence-electron chi connectivity index (χ1n) is 6.67. The van der Waals surface area contributed by atoms with Gasteiger partial charge in [-0.3, -0.25) is 4.79 Å². The molecular weight excluding hydrogens is 304 g/mol. The van der Waals surface area contributed by atoms with Crippen LogP contribution < -0.4 is 5.32 Å². The van der Waals surface area contributed by atoms with E-state index in [0.717, 1.165) is 17.3 Å². The Labute approximate surface area is 123 Å². The van der Waals surface area contributed by atoms with Crippen LogP contribution in [0, 0.1) is 0 Å². The summed E-state index contributed by atoms with van der Waals surface area (Å²) in [4.78, 5) is 13.4. The molecule has 1 saturated carbocycles. The van der Waals surface area contributed by atoms with E-state index in [9.17, 15) is 4.79 Å². The summed E-state index contributed by atoms with van der Waals surface area (Å²) in [5.74, 6) is 0.169. The lowest BCUT2D eigenvalue weighted by Gasteiger charge is -2.25. The molecule has 0 aliphatic heterocycles. The first-order valence-corrected chi connectivity index (χ1v) is 7.47. The Morgan fingerprint density at radius 1 is 1.42 bits per heavy atom. The van der Waals surface area contributed by atoms with E-state index in [4.69, 9.17) is 0 Å². The van der Waals surface area contributed by atoms with Crippen molar-refractivity contribution in [3.8, 4) is 0 Å². The van der Waals surface area contributed by atoms with Crippen molar-refractivity contribution in [2.45, 2.75) is 37.8 Å². The number of nitrogens with one attached hydrogen (secondary N) is 1. The maximum Gasteiger partial charge on any atom is 0.223 e. The van der Waals surface area contributed by atoms with Crippen LogP contribution in [0.4, 0.5) is 0 Å². The van der Waals surface area contributed by atoms with Crippen molar-refractivity contribution >= 4 is 21.8 Å². The molecule has 0 aromatic heterocycles. The van der Waals surface area contributed by atoms with Crippen LogP contribution in [0.25, 0.3) is 0 Å². The molecule has 0 heterocycles. The van der Waals surface area contributed by atoms with Gasteiger partial charge in [-0.1, -0.05) is 34.1 Å². The van der Waals surface area contributed by atoms with Crippen LogP contribution >= 0.6 is 15.9 Å². The van der Waals surface area contributed by atoms with Crippen LogP contribution in [0.5, 0.6) is 0 Å². The van der Waals surface area contributed by atoms with E-state index in [2.05, 4.69) is 46.4 Å². The van der Waals surface area contributed by atoms with Gasteiger partial charge in [-0.15, -0.1) is 0 Å². The van der Waals surface area contributed by atoms with Gasteiger partial charge >= 0.3 is 0 Å². The highest BCUT2D eigenvalue weighted by atomic mass is 79.9. The van der Waals surface area contributed by atoms with Gasteiger partial charge in [-0.25, -0.2) is 0 Å². The molecule has 1 aromatic carbocycles. The molecule has 1 atom stereocenters. The smallest absolute Gasteiger partial charge is 0.223 e. The molecule has 1 amide bonds. The molecule has 2 rings (SSSR count). The molecule has 1 aromatic rings. The highest BCUT2D eigenvalue weighted by Crippen LogP contribution is 2.48.